The minimum Gasteiger partial charge on any atom is -0.497 e. The number of hydrogen-bond acceptors (Lipinski definition) is 4. The molecule has 0 saturated carbocycles. The summed E-state index contributed by atoms with van der Waals surface area (Å²) in [5.41, 5.74) is 1.55. The third-order valence-electron chi connectivity index (χ3n) is 2.79. The van der Waals surface area contributed by atoms with Gasteiger partial charge in [0.15, 0.2) is 5.82 Å². The largest absolute Gasteiger partial charge is 0.497 e. The average molecular weight is 258 g/mol. The maximum absolute atomic E-state index is 10.0. The molecule has 0 aliphatic carbocycles. The summed E-state index contributed by atoms with van der Waals surface area (Å²) in [5.74, 6) is 1.23. The number of benzene rings is 1. The number of ether oxygens (including phenoxy) is 1. The Morgan fingerprint density at radius 2 is 1.74 bits per heavy atom. The SMILES string of the molecule is COc1ccc(-c2cc(C)nc(C(C)(C)O)n2)cc1. The number of methoxy groups -OCH3 is 1. The molecule has 0 spiro atoms. The van der Waals surface area contributed by atoms with Crippen molar-refractivity contribution in [3.8, 4) is 17.0 Å². The zero-order chi connectivity index (χ0) is 14.0. The average Bonchev–Trinajstić information content (AvgIpc) is 2.37. The molecule has 19 heavy (non-hydrogen) atoms. The molecule has 2 rings (SSSR count). The van der Waals surface area contributed by atoms with Crippen LogP contribution in [0.3, 0.4) is 0 Å². The van der Waals surface area contributed by atoms with Crippen LogP contribution in [0, 0.1) is 6.92 Å². The highest BCUT2D eigenvalue weighted by atomic mass is 16.5. The predicted octanol–water partition coefficient (Wildman–Crippen LogP) is 2.69. The molecular formula is C15H18N2O2. The predicted molar refractivity (Wildman–Crippen MR) is 74.0 cm³/mol. The van der Waals surface area contributed by atoms with E-state index in [1.165, 1.54) is 0 Å². The lowest BCUT2D eigenvalue weighted by Crippen LogP contribution is -2.20. The number of hydrogen-bond donors (Lipinski definition) is 1. The standard InChI is InChI=1S/C15H18N2O2/c1-10-9-13(17-14(16-10)15(2,3)18)11-5-7-12(19-4)8-6-11/h5-9,18H,1-4H3. The first kappa shape index (κ1) is 13.5. The minimum atomic E-state index is -1.05. The van der Waals surface area contributed by atoms with Gasteiger partial charge in [-0.3, -0.25) is 0 Å². The van der Waals surface area contributed by atoms with Crippen molar-refractivity contribution in [2.75, 3.05) is 7.11 Å². The van der Waals surface area contributed by atoms with Crippen molar-refractivity contribution < 1.29 is 9.84 Å². The Bertz CT molecular complexity index is 572. The Morgan fingerprint density at radius 1 is 1.11 bits per heavy atom. The maximum Gasteiger partial charge on any atom is 0.160 e. The van der Waals surface area contributed by atoms with Gasteiger partial charge in [-0.15, -0.1) is 0 Å². The van der Waals surface area contributed by atoms with E-state index in [0.29, 0.717) is 5.82 Å². The second-order valence-corrected chi connectivity index (χ2v) is 5.01. The van der Waals surface area contributed by atoms with Crippen LogP contribution in [-0.4, -0.2) is 22.2 Å². The first-order chi connectivity index (χ1) is 8.90. The molecule has 1 heterocycles. The van der Waals surface area contributed by atoms with E-state index in [1.54, 1.807) is 21.0 Å². The molecule has 0 atom stereocenters. The van der Waals surface area contributed by atoms with Gasteiger partial charge in [0, 0.05) is 11.3 Å². The van der Waals surface area contributed by atoms with Crippen molar-refractivity contribution in [2.45, 2.75) is 26.4 Å². The zero-order valence-corrected chi connectivity index (χ0v) is 11.6. The summed E-state index contributed by atoms with van der Waals surface area (Å²) in [6.45, 7) is 5.25. The van der Waals surface area contributed by atoms with Crippen molar-refractivity contribution in [3.63, 3.8) is 0 Å². The molecule has 0 bridgehead atoms. The molecule has 4 heteroatoms. The Labute approximate surface area is 113 Å². The first-order valence-electron chi connectivity index (χ1n) is 6.13. The fraction of sp³-hybridized carbons (Fsp3) is 0.333. The topological polar surface area (TPSA) is 55.2 Å². The Kier molecular flexibility index (Phi) is 3.53. The molecule has 1 aromatic heterocycles. The molecule has 0 radical (unpaired) electrons. The van der Waals surface area contributed by atoms with Gasteiger partial charge >= 0.3 is 0 Å². The van der Waals surface area contributed by atoms with Crippen LogP contribution in [0.4, 0.5) is 0 Å². The number of aryl methyl sites for hydroxylation is 1. The number of aromatic nitrogens is 2. The van der Waals surface area contributed by atoms with E-state index >= 15 is 0 Å². The summed E-state index contributed by atoms with van der Waals surface area (Å²) in [6, 6.07) is 9.55. The van der Waals surface area contributed by atoms with Crippen LogP contribution in [0.15, 0.2) is 30.3 Å². The fourth-order valence-electron chi connectivity index (χ4n) is 1.75. The van der Waals surface area contributed by atoms with Gasteiger partial charge in [-0.25, -0.2) is 9.97 Å². The van der Waals surface area contributed by atoms with Gasteiger partial charge in [0.1, 0.15) is 11.4 Å². The number of nitrogens with zero attached hydrogens (tertiary/aromatic N) is 2. The molecule has 100 valence electrons. The van der Waals surface area contributed by atoms with Gasteiger partial charge in [0.2, 0.25) is 0 Å². The number of rotatable bonds is 3. The molecule has 0 aliphatic heterocycles. The molecule has 4 nitrogen and oxygen atoms in total. The first-order valence-corrected chi connectivity index (χ1v) is 6.13. The fourth-order valence-corrected chi connectivity index (χ4v) is 1.75. The van der Waals surface area contributed by atoms with E-state index in [2.05, 4.69) is 9.97 Å². The van der Waals surface area contributed by atoms with Crippen LogP contribution in [0.25, 0.3) is 11.3 Å². The quantitative estimate of drug-likeness (QED) is 0.919. The summed E-state index contributed by atoms with van der Waals surface area (Å²) in [5, 5.41) is 10.0. The van der Waals surface area contributed by atoms with E-state index in [4.69, 9.17) is 4.74 Å². The van der Waals surface area contributed by atoms with E-state index in [-0.39, 0.29) is 0 Å². The second kappa shape index (κ2) is 4.97. The molecule has 2 aromatic rings. The van der Waals surface area contributed by atoms with Gasteiger partial charge in [-0.1, -0.05) is 0 Å². The van der Waals surface area contributed by atoms with E-state index < -0.39 is 5.60 Å². The van der Waals surface area contributed by atoms with Crippen LogP contribution in [-0.2, 0) is 5.60 Å². The normalized spacial score (nSPS) is 11.4. The van der Waals surface area contributed by atoms with Gasteiger partial charge < -0.3 is 9.84 Å². The van der Waals surface area contributed by atoms with Gasteiger partial charge in [-0.2, -0.15) is 0 Å². The molecule has 1 N–H and O–H groups in total. The van der Waals surface area contributed by atoms with Gasteiger partial charge in [0.05, 0.1) is 12.8 Å². The Morgan fingerprint density at radius 3 is 2.26 bits per heavy atom. The lowest BCUT2D eigenvalue weighted by molar-refractivity contribution is 0.0686. The van der Waals surface area contributed by atoms with Crippen LogP contribution in [0.5, 0.6) is 5.75 Å². The van der Waals surface area contributed by atoms with Crippen LogP contribution >= 0.6 is 0 Å². The highest BCUT2D eigenvalue weighted by molar-refractivity contribution is 5.60. The summed E-state index contributed by atoms with van der Waals surface area (Å²) < 4.78 is 5.13. The molecule has 0 amide bonds. The highest BCUT2D eigenvalue weighted by Crippen LogP contribution is 2.24. The van der Waals surface area contributed by atoms with Crippen molar-refractivity contribution in [2.24, 2.45) is 0 Å². The third-order valence-corrected chi connectivity index (χ3v) is 2.79. The molecular weight excluding hydrogens is 240 g/mol. The van der Waals surface area contributed by atoms with E-state index in [0.717, 1.165) is 22.7 Å². The van der Waals surface area contributed by atoms with Crippen LogP contribution in [0.2, 0.25) is 0 Å². The van der Waals surface area contributed by atoms with E-state index in [1.807, 2.05) is 37.3 Å². The summed E-state index contributed by atoms with van der Waals surface area (Å²) in [6.07, 6.45) is 0. The van der Waals surface area contributed by atoms with E-state index in [9.17, 15) is 5.11 Å². The summed E-state index contributed by atoms with van der Waals surface area (Å²) >= 11 is 0. The van der Waals surface area contributed by atoms with Crippen molar-refractivity contribution in [1.29, 1.82) is 0 Å². The Balaban J connectivity index is 2.46. The third kappa shape index (κ3) is 3.09. The second-order valence-electron chi connectivity index (χ2n) is 5.01. The lowest BCUT2D eigenvalue weighted by atomic mass is 10.1. The smallest absolute Gasteiger partial charge is 0.160 e. The van der Waals surface area contributed by atoms with Gasteiger partial charge in [0.25, 0.3) is 0 Å². The van der Waals surface area contributed by atoms with Crippen LogP contribution < -0.4 is 4.74 Å². The van der Waals surface area contributed by atoms with Crippen molar-refractivity contribution in [3.05, 3.63) is 41.9 Å². The lowest BCUT2D eigenvalue weighted by Gasteiger charge is -2.17. The molecule has 0 aliphatic rings. The van der Waals surface area contributed by atoms with Crippen molar-refractivity contribution >= 4 is 0 Å². The highest BCUT2D eigenvalue weighted by Gasteiger charge is 2.20. The minimum absolute atomic E-state index is 0.429. The molecule has 0 unspecified atom stereocenters. The monoisotopic (exact) mass is 258 g/mol. The molecule has 1 aromatic carbocycles. The summed E-state index contributed by atoms with van der Waals surface area (Å²) in [7, 11) is 1.64. The molecule has 0 saturated heterocycles. The maximum atomic E-state index is 10.0. The van der Waals surface area contributed by atoms with Crippen molar-refractivity contribution in [1.82, 2.24) is 9.97 Å². The Hall–Kier alpha value is -1.94. The van der Waals surface area contributed by atoms with Crippen LogP contribution in [0.1, 0.15) is 25.4 Å². The number of aliphatic hydroxyl groups is 1. The summed E-state index contributed by atoms with van der Waals surface area (Å²) in [4.78, 5) is 8.71. The molecule has 0 fully saturated rings. The zero-order valence-electron chi connectivity index (χ0n) is 11.6. The van der Waals surface area contributed by atoms with Gasteiger partial charge in [-0.05, 0) is 51.1 Å².